The molecule has 6 unspecified atom stereocenters. The van der Waals surface area contributed by atoms with Crippen LogP contribution in [0.5, 0.6) is 0 Å². The van der Waals surface area contributed by atoms with Gasteiger partial charge in [0.1, 0.15) is 0 Å². The van der Waals surface area contributed by atoms with Crippen molar-refractivity contribution in [2.45, 2.75) is 108 Å². The largest absolute Gasteiger partial charge is 0.465 e. The molecular formula is C23H36O6. The van der Waals surface area contributed by atoms with Crippen molar-refractivity contribution in [2.24, 2.45) is 11.8 Å². The van der Waals surface area contributed by atoms with Crippen LogP contribution in [0.4, 0.5) is 0 Å². The summed E-state index contributed by atoms with van der Waals surface area (Å²) in [7, 11) is 0. The summed E-state index contributed by atoms with van der Waals surface area (Å²) in [4.78, 5) is 23.7. The predicted molar refractivity (Wildman–Crippen MR) is 106 cm³/mol. The van der Waals surface area contributed by atoms with Gasteiger partial charge < -0.3 is 18.9 Å². The van der Waals surface area contributed by atoms with Crippen molar-refractivity contribution in [3.05, 3.63) is 0 Å². The Morgan fingerprint density at radius 3 is 1.52 bits per heavy atom. The van der Waals surface area contributed by atoms with E-state index in [0.717, 1.165) is 70.6 Å². The summed E-state index contributed by atoms with van der Waals surface area (Å²) in [5, 5.41) is 0. The number of fused-ring (bicyclic) bond motifs is 2. The van der Waals surface area contributed by atoms with Crippen molar-refractivity contribution in [1.82, 2.24) is 0 Å². The van der Waals surface area contributed by atoms with Crippen LogP contribution in [0.25, 0.3) is 0 Å². The number of ether oxygens (including phenoxy) is 4. The molecule has 4 rings (SSSR count). The monoisotopic (exact) mass is 408 g/mol. The minimum atomic E-state index is -0.0713. The number of hydrogen-bond donors (Lipinski definition) is 0. The first-order valence-electron chi connectivity index (χ1n) is 11.8. The van der Waals surface area contributed by atoms with Crippen LogP contribution in [0.15, 0.2) is 0 Å². The van der Waals surface area contributed by atoms with Gasteiger partial charge in [0.25, 0.3) is 0 Å². The fourth-order valence-electron chi connectivity index (χ4n) is 4.91. The van der Waals surface area contributed by atoms with Crippen LogP contribution < -0.4 is 0 Å². The fourth-order valence-corrected chi connectivity index (χ4v) is 4.91. The van der Waals surface area contributed by atoms with E-state index in [9.17, 15) is 9.59 Å². The summed E-state index contributed by atoms with van der Waals surface area (Å²) in [5.41, 5.74) is 0. The van der Waals surface area contributed by atoms with Crippen molar-refractivity contribution in [3.8, 4) is 0 Å². The van der Waals surface area contributed by atoms with Crippen molar-refractivity contribution < 1.29 is 28.5 Å². The standard InChI is InChI=1S/C23H36O6/c24-22(26-14-16-8-10-18-20(12-16)28-18)6-4-2-1-3-5-7-23(25)27-15-17-9-11-19-21(13-17)29-19/h16-21H,1-15H2. The molecule has 0 N–H and O–H groups in total. The zero-order chi connectivity index (χ0) is 20.1. The van der Waals surface area contributed by atoms with Gasteiger partial charge in [0.2, 0.25) is 0 Å². The topological polar surface area (TPSA) is 77.7 Å². The summed E-state index contributed by atoms with van der Waals surface area (Å²) < 4.78 is 21.9. The van der Waals surface area contributed by atoms with E-state index in [1.807, 2.05) is 0 Å². The summed E-state index contributed by atoms with van der Waals surface area (Å²) in [6, 6.07) is 0. The Kier molecular flexibility index (Phi) is 7.46. The minimum absolute atomic E-state index is 0.0713. The van der Waals surface area contributed by atoms with Crippen molar-refractivity contribution >= 4 is 11.9 Å². The van der Waals surface area contributed by atoms with Gasteiger partial charge in [-0.1, -0.05) is 19.3 Å². The van der Waals surface area contributed by atoms with E-state index in [0.29, 0.717) is 62.3 Å². The van der Waals surface area contributed by atoms with Crippen LogP contribution in [0, 0.1) is 11.8 Å². The molecular weight excluding hydrogens is 372 g/mol. The van der Waals surface area contributed by atoms with E-state index < -0.39 is 0 Å². The van der Waals surface area contributed by atoms with Gasteiger partial charge in [0.15, 0.2) is 0 Å². The van der Waals surface area contributed by atoms with Crippen LogP contribution in [-0.4, -0.2) is 49.6 Å². The Balaban J connectivity index is 0.924. The normalized spacial score (nSPS) is 34.6. The molecule has 6 atom stereocenters. The van der Waals surface area contributed by atoms with E-state index in [4.69, 9.17) is 18.9 Å². The van der Waals surface area contributed by atoms with E-state index in [-0.39, 0.29) is 11.9 Å². The predicted octanol–water partition coefficient (Wildman–Crippen LogP) is 3.94. The first-order chi connectivity index (χ1) is 14.2. The van der Waals surface area contributed by atoms with Gasteiger partial charge in [0, 0.05) is 12.8 Å². The second-order valence-corrected chi connectivity index (χ2v) is 9.42. The lowest BCUT2D eigenvalue weighted by Gasteiger charge is -2.18. The molecule has 2 saturated carbocycles. The number of unbranched alkanes of at least 4 members (excludes halogenated alkanes) is 4. The first kappa shape index (κ1) is 21.1. The summed E-state index contributed by atoms with van der Waals surface area (Å²) in [6.45, 7) is 1.12. The zero-order valence-corrected chi connectivity index (χ0v) is 17.5. The number of carbonyl (C=O) groups excluding carboxylic acids is 2. The highest BCUT2D eigenvalue weighted by molar-refractivity contribution is 5.69. The molecule has 0 radical (unpaired) electrons. The average Bonchev–Trinajstić information content (AvgIpc) is 3.63. The summed E-state index contributed by atoms with van der Waals surface area (Å²) >= 11 is 0. The Hall–Kier alpha value is -1.14. The van der Waals surface area contributed by atoms with E-state index in [1.54, 1.807) is 0 Å². The Morgan fingerprint density at radius 1 is 0.621 bits per heavy atom. The molecule has 0 amide bonds. The lowest BCUT2D eigenvalue weighted by Crippen LogP contribution is -2.20. The molecule has 164 valence electrons. The molecule has 29 heavy (non-hydrogen) atoms. The average molecular weight is 409 g/mol. The highest BCUT2D eigenvalue weighted by atomic mass is 16.6. The Labute approximate surface area is 174 Å². The third-order valence-corrected chi connectivity index (χ3v) is 6.95. The first-order valence-corrected chi connectivity index (χ1v) is 11.8. The molecule has 4 aliphatic rings. The van der Waals surface area contributed by atoms with Gasteiger partial charge in [-0.15, -0.1) is 0 Å². The molecule has 0 spiro atoms. The van der Waals surface area contributed by atoms with Crippen LogP contribution in [0.3, 0.4) is 0 Å². The second kappa shape index (κ2) is 10.3. The number of hydrogen-bond acceptors (Lipinski definition) is 6. The molecule has 0 aromatic carbocycles. The van der Waals surface area contributed by atoms with E-state index in [2.05, 4.69) is 0 Å². The van der Waals surface area contributed by atoms with Crippen LogP contribution in [0.1, 0.15) is 83.5 Å². The lowest BCUT2D eigenvalue weighted by atomic mass is 9.90. The molecule has 2 heterocycles. The van der Waals surface area contributed by atoms with Gasteiger partial charge in [-0.25, -0.2) is 0 Å². The van der Waals surface area contributed by atoms with Crippen LogP contribution in [0.2, 0.25) is 0 Å². The van der Waals surface area contributed by atoms with Gasteiger partial charge in [-0.3, -0.25) is 9.59 Å². The van der Waals surface area contributed by atoms with Crippen molar-refractivity contribution in [1.29, 1.82) is 0 Å². The van der Waals surface area contributed by atoms with Crippen LogP contribution >= 0.6 is 0 Å². The highest BCUT2D eigenvalue weighted by Crippen LogP contribution is 2.40. The van der Waals surface area contributed by atoms with E-state index in [1.165, 1.54) is 0 Å². The van der Waals surface area contributed by atoms with Gasteiger partial charge in [-0.2, -0.15) is 0 Å². The number of esters is 2. The van der Waals surface area contributed by atoms with Crippen molar-refractivity contribution in [2.75, 3.05) is 13.2 Å². The second-order valence-electron chi connectivity index (χ2n) is 9.42. The summed E-state index contributed by atoms with van der Waals surface area (Å²) in [5.74, 6) is 0.829. The molecule has 0 bridgehead atoms. The molecule has 0 aromatic rings. The fraction of sp³-hybridized carbons (Fsp3) is 0.913. The van der Waals surface area contributed by atoms with Crippen molar-refractivity contribution in [3.63, 3.8) is 0 Å². The molecule has 4 fully saturated rings. The SMILES string of the molecule is O=C(CCCCCCCC(=O)OCC1CCC2OC2C1)OCC1CCC2OC2C1. The lowest BCUT2D eigenvalue weighted by molar-refractivity contribution is -0.146. The molecule has 2 aliphatic heterocycles. The highest BCUT2D eigenvalue weighted by Gasteiger charge is 2.44. The Bertz CT molecular complexity index is 516. The van der Waals surface area contributed by atoms with E-state index >= 15 is 0 Å². The van der Waals surface area contributed by atoms with Gasteiger partial charge >= 0.3 is 11.9 Å². The number of carbonyl (C=O) groups is 2. The maximum absolute atomic E-state index is 11.9. The molecule has 2 aliphatic carbocycles. The molecule has 6 nitrogen and oxygen atoms in total. The molecule has 2 saturated heterocycles. The molecule has 0 aromatic heterocycles. The maximum atomic E-state index is 11.9. The van der Waals surface area contributed by atoms with Gasteiger partial charge in [-0.05, 0) is 63.2 Å². The summed E-state index contributed by atoms with van der Waals surface area (Å²) in [6.07, 6.45) is 14.3. The van der Waals surface area contributed by atoms with Crippen LogP contribution in [-0.2, 0) is 28.5 Å². The quantitative estimate of drug-likeness (QED) is 0.277. The third kappa shape index (κ3) is 6.95. The third-order valence-electron chi connectivity index (χ3n) is 6.95. The Morgan fingerprint density at radius 2 is 1.07 bits per heavy atom. The minimum Gasteiger partial charge on any atom is -0.465 e. The number of epoxide rings is 2. The van der Waals surface area contributed by atoms with Gasteiger partial charge in [0.05, 0.1) is 37.6 Å². The maximum Gasteiger partial charge on any atom is 0.305 e. The number of rotatable bonds is 12. The zero-order valence-electron chi connectivity index (χ0n) is 17.5. The smallest absolute Gasteiger partial charge is 0.305 e. The molecule has 6 heteroatoms.